The van der Waals surface area contributed by atoms with Crippen LogP contribution in [-0.4, -0.2) is 33.0 Å². The van der Waals surface area contributed by atoms with E-state index in [4.69, 9.17) is 9.72 Å². The van der Waals surface area contributed by atoms with Crippen molar-refractivity contribution in [3.05, 3.63) is 90.3 Å². The highest BCUT2D eigenvalue weighted by molar-refractivity contribution is 6.08. The zero-order valence-electron chi connectivity index (χ0n) is 17.6. The number of esters is 1. The van der Waals surface area contributed by atoms with Gasteiger partial charge in [0.15, 0.2) is 5.92 Å². The molecule has 0 saturated carbocycles. The first-order valence-corrected chi connectivity index (χ1v) is 10.6. The summed E-state index contributed by atoms with van der Waals surface area (Å²) in [6.07, 6.45) is 3.33. The Morgan fingerprint density at radius 3 is 2.47 bits per heavy atom. The van der Waals surface area contributed by atoms with Crippen molar-refractivity contribution >= 4 is 28.9 Å². The molecule has 3 heterocycles. The van der Waals surface area contributed by atoms with Crippen LogP contribution < -0.4 is 4.90 Å². The van der Waals surface area contributed by atoms with Gasteiger partial charge in [0.05, 0.1) is 30.2 Å². The lowest BCUT2D eigenvalue weighted by molar-refractivity contribution is -0.153. The lowest BCUT2D eigenvalue weighted by Gasteiger charge is -2.37. The second kappa shape index (κ2) is 8.26. The number of amides is 1. The Labute approximate surface area is 185 Å². The molecule has 1 aliphatic heterocycles. The van der Waals surface area contributed by atoms with Gasteiger partial charge in [-0.3, -0.25) is 19.5 Å². The average molecular weight is 426 g/mol. The number of rotatable bonds is 5. The third-order valence-corrected chi connectivity index (χ3v) is 5.72. The quantitative estimate of drug-likeness (QED) is 0.359. The molecule has 7 nitrogen and oxygen atoms in total. The van der Waals surface area contributed by atoms with Gasteiger partial charge in [0.25, 0.3) is 0 Å². The number of carbonyl (C=O) groups is 2. The van der Waals surface area contributed by atoms with E-state index in [-0.39, 0.29) is 12.5 Å². The summed E-state index contributed by atoms with van der Waals surface area (Å²) in [7, 11) is 0. The molecule has 2 atom stereocenters. The normalized spacial score (nSPS) is 17.9. The molecule has 1 amide bonds. The minimum absolute atomic E-state index is 0.196. The maximum Gasteiger partial charge on any atom is 0.321 e. The van der Waals surface area contributed by atoms with E-state index in [0.717, 1.165) is 22.2 Å². The fourth-order valence-corrected chi connectivity index (χ4v) is 4.33. The molecule has 160 valence electrons. The molecule has 0 radical (unpaired) electrons. The van der Waals surface area contributed by atoms with Gasteiger partial charge in [-0.05, 0) is 42.3 Å². The van der Waals surface area contributed by atoms with Crippen LogP contribution in [0.5, 0.6) is 0 Å². The van der Waals surface area contributed by atoms with E-state index in [0.29, 0.717) is 12.5 Å². The number of carbonyl (C=O) groups excluding carboxylic acids is 2. The summed E-state index contributed by atoms with van der Waals surface area (Å²) >= 11 is 0. The zero-order valence-corrected chi connectivity index (χ0v) is 17.6. The largest absolute Gasteiger partial charge is 0.465 e. The van der Waals surface area contributed by atoms with Gasteiger partial charge in [0, 0.05) is 12.4 Å². The van der Waals surface area contributed by atoms with Crippen molar-refractivity contribution in [1.82, 2.24) is 14.5 Å². The minimum atomic E-state index is -1.04. The number of para-hydroxylation sites is 2. The van der Waals surface area contributed by atoms with Gasteiger partial charge in [0.1, 0.15) is 0 Å². The van der Waals surface area contributed by atoms with Gasteiger partial charge < -0.3 is 9.30 Å². The lowest BCUT2D eigenvalue weighted by atomic mass is 9.89. The molecular formula is C25H22N4O3. The SMILES string of the molecule is CCOC(=O)[C@H]1C(=O)N(Cc2ccccc2)c2nc3ccccc3n2[C@H]1c1ccncc1. The van der Waals surface area contributed by atoms with E-state index >= 15 is 0 Å². The van der Waals surface area contributed by atoms with E-state index in [1.165, 1.54) is 0 Å². The Kier molecular flexibility index (Phi) is 5.15. The molecule has 0 N–H and O–H groups in total. The number of pyridine rings is 1. The van der Waals surface area contributed by atoms with Crippen LogP contribution in [-0.2, 0) is 20.9 Å². The van der Waals surface area contributed by atoms with Crippen molar-refractivity contribution in [3.63, 3.8) is 0 Å². The molecule has 0 unspecified atom stereocenters. The zero-order chi connectivity index (χ0) is 22.1. The minimum Gasteiger partial charge on any atom is -0.465 e. The summed E-state index contributed by atoms with van der Waals surface area (Å²) in [5, 5.41) is 0. The van der Waals surface area contributed by atoms with Gasteiger partial charge in [-0.25, -0.2) is 4.98 Å². The molecular weight excluding hydrogens is 404 g/mol. The second-order valence-corrected chi connectivity index (χ2v) is 7.64. The van der Waals surface area contributed by atoms with Gasteiger partial charge in [-0.2, -0.15) is 0 Å². The molecule has 2 aromatic heterocycles. The summed E-state index contributed by atoms with van der Waals surface area (Å²) in [5.41, 5.74) is 3.36. The van der Waals surface area contributed by atoms with E-state index in [1.807, 2.05) is 71.3 Å². The number of benzene rings is 2. The summed E-state index contributed by atoms with van der Waals surface area (Å²) < 4.78 is 7.35. The van der Waals surface area contributed by atoms with Crippen LogP contribution in [0.2, 0.25) is 0 Å². The predicted octanol–water partition coefficient (Wildman–Crippen LogP) is 3.75. The average Bonchev–Trinajstić information content (AvgIpc) is 3.21. The molecule has 5 rings (SSSR count). The van der Waals surface area contributed by atoms with Crippen molar-refractivity contribution in [3.8, 4) is 0 Å². The van der Waals surface area contributed by atoms with Crippen molar-refractivity contribution in [1.29, 1.82) is 0 Å². The Hall–Kier alpha value is -4.00. The highest BCUT2D eigenvalue weighted by atomic mass is 16.5. The molecule has 0 bridgehead atoms. The van der Waals surface area contributed by atoms with Gasteiger partial charge in [-0.1, -0.05) is 42.5 Å². The number of ether oxygens (including phenoxy) is 1. The monoisotopic (exact) mass is 426 g/mol. The van der Waals surface area contributed by atoms with E-state index in [9.17, 15) is 9.59 Å². The van der Waals surface area contributed by atoms with Crippen molar-refractivity contribution in [2.24, 2.45) is 5.92 Å². The molecule has 32 heavy (non-hydrogen) atoms. The molecule has 0 saturated heterocycles. The summed E-state index contributed by atoms with van der Waals surface area (Å²) in [4.78, 5) is 37.5. The fourth-order valence-electron chi connectivity index (χ4n) is 4.33. The van der Waals surface area contributed by atoms with Crippen LogP contribution in [0.3, 0.4) is 0 Å². The van der Waals surface area contributed by atoms with Crippen LogP contribution in [0.1, 0.15) is 24.1 Å². The molecule has 0 spiro atoms. The van der Waals surface area contributed by atoms with Crippen molar-refractivity contribution < 1.29 is 14.3 Å². The number of hydrogen-bond acceptors (Lipinski definition) is 5. The standard InChI is InChI=1S/C25H22N4O3/c1-2-32-24(31)21-22(18-12-14-26-15-13-18)29-20-11-7-6-10-19(20)27-25(29)28(23(21)30)16-17-8-4-3-5-9-17/h3-15,21-22H,2,16H2,1H3/t21-,22+/m1/s1. The maximum atomic E-state index is 13.8. The second-order valence-electron chi connectivity index (χ2n) is 7.64. The smallest absolute Gasteiger partial charge is 0.321 e. The summed E-state index contributed by atoms with van der Waals surface area (Å²) in [5.74, 6) is -1.38. The van der Waals surface area contributed by atoms with Crippen molar-refractivity contribution in [2.45, 2.75) is 19.5 Å². The molecule has 7 heteroatoms. The van der Waals surface area contributed by atoms with Gasteiger partial charge in [-0.15, -0.1) is 0 Å². The van der Waals surface area contributed by atoms with Crippen LogP contribution in [0.15, 0.2) is 79.1 Å². The van der Waals surface area contributed by atoms with E-state index < -0.39 is 17.9 Å². The molecule has 0 fully saturated rings. The number of imidazole rings is 1. The number of aromatic nitrogens is 3. The Bertz CT molecular complexity index is 1270. The number of anilines is 1. The highest BCUT2D eigenvalue weighted by Gasteiger charge is 2.47. The molecule has 4 aromatic rings. The van der Waals surface area contributed by atoms with E-state index in [1.54, 1.807) is 24.2 Å². The Balaban J connectivity index is 1.75. The Morgan fingerprint density at radius 1 is 1.00 bits per heavy atom. The first-order chi connectivity index (χ1) is 15.7. The fraction of sp³-hybridized carbons (Fsp3) is 0.200. The molecule has 0 aliphatic carbocycles. The topological polar surface area (TPSA) is 77.3 Å². The van der Waals surface area contributed by atoms with E-state index in [2.05, 4.69) is 4.98 Å². The van der Waals surface area contributed by atoms with Gasteiger partial charge >= 0.3 is 5.97 Å². The lowest BCUT2D eigenvalue weighted by Crippen LogP contribution is -2.49. The van der Waals surface area contributed by atoms with Crippen LogP contribution in [0, 0.1) is 5.92 Å². The number of nitrogens with zero attached hydrogens (tertiary/aromatic N) is 4. The molecule has 2 aromatic carbocycles. The third-order valence-electron chi connectivity index (χ3n) is 5.72. The van der Waals surface area contributed by atoms with Crippen molar-refractivity contribution in [2.75, 3.05) is 11.5 Å². The Morgan fingerprint density at radius 2 is 1.72 bits per heavy atom. The predicted molar refractivity (Wildman–Crippen MR) is 120 cm³/mol. The van der Waals surface area contributed by atoms with Crippen LogP contribution >= 0.6 is 0 Å². The maximum absolute atomic E-state index is 13.8. The number of hydrogen-bond donors (Lipinski definition) is 0. The third kappa shape index (κ3) is 3.32. The summed E-state index contributed by atoms with van der Waals surface area (Å²) in [6, 6.07) is 20.5. The number of fused-ring (bicyclic) bond motifs is 3. The first kappa shape index (κ1) is 19.9. The van der Waals surface area contributed by atoms with Crippen LogP contribution in [0.25, 0.3) is 11.0 Å². The van der Waals surface area contributed by atoms with Gasteiger partial charge in [0.2, 0.25) is 11.9 Å². The highest BCUT2D eigenvalue weighted by Crippen LogP contribution is 2.41. The summed E-state index contributed by atoms with van der Waals surface area (Å²) in [6.45, 7) is 2.25. The first-order valence-electron chi connectivity index (χ1n) is 10.6. The van der Waals surface area contributed by atoms with Crippen LogP contribution in [0.4, 0.5) is 5.95 Å². The molecule has 1 aliphatic rings.